The SMILES string of the molecule is O=C(c1cc2ccccc2s1)N(CCBr)C1CCCCC1. The highest BCUT2D eigenvalue weighted by Crippen LogP contribution is 2.29. The van der Waals surface area contributed by atoms with Gasteiger partial charge in [0.1, 0.15) is 0 Å². The lowest BCUT2D eigenvalue weighted by atomic mass is 9.94. The van der Waals surface area contributed by atoms with E-state index in [0.717, 1.165) is 29.6 Å². The van der Waals surface area contributed by atoms with Gasteiger partial charge in [-0.1, -0.05) is 53.4 Å². The van der Waals surface area contributed by atoms with Gasteiger partial charge in [-0.15, -0.1) is 11.3 Å². The van der Waals surface area contributed by atoms with E-state index >= 15 is 0 Å². The van der Waals surface area contributed by atoms with Crippen molar-refractivity contribution in [1.29, 1.82) is 0 Å². The maximum atomic E-state index is 12.9. The summed E-state index contributed by atoms with van der Waals surface area (Å²) in [7, 11) is 0. The Balaban J connectivity index is 1.85. The molecule has 4 heteroatoms. The summed E-state index contributed by atoms with van der Waals surface area (Å²) in [6.07, 6.45) is 6.13. The number of fused-ring (bicyclic) bond motifs is 1. The van der Waals surface area contributed by atoms with Gasteiger partial charge in [0.05, 0.1) is 4.88 Å². The maximum Gasteiger partial charge on any atom is 0.264 e. The number of nitrogens with zero attached hydrogens (tertiary/aromatic N) is 1. The number of hydrogen-bond donors (Lipinski definition) is 0. The first-order valence-electron chi connectivity index (χ1n) is 7.65. The van der Waals surface area contributed by atoms with Crippen LogP contribution in [0.15, 0.2) is 30.3 Å². The molecule has 0 saturated heterocycles. The fourth-order valence-electron chi connectivity index (χ4n) is 3.16. The second-order valence-electron chi connectivity index (χ2n) is 5.63. The zero-order valence-electron chi connectivity index (χ0n) is 12.1. The van der Waals surface area contributed by atoms with Gasteiger partial charge < -0.3 is 4.90 Å². The van der Waals surface area contributed by atoms with Crippen LogP contribution in [-0.4, -0.2) is 28.7 Å². The van der Waals surface area contributed by atoms with Crippen LogP contribution in [0.3, 0.4) is 0 Å². The van der Waals surface area contributed by atoms with Crippen molar-refractivity contribution < 1.29 is 4.79 Å². The molecule has 0 N–H and O–H groups in total. The van der Waals surface area contributed by atoms with Crippen molar-refractivity contribution >= 4 is 43.3 Å². The molecule has 0 aliphatic heterocycles. The van der Waals surface area contributed by atoms with Crippen LogP contribution in [0.5, 0.6) is 0 Å². The smallest absolute Gasteiger partial charge is 0.264 e. The predicted molar refractivity (Wildman–Crippen MR) is 93.5 cm³/mol. The van der Waals surface area contributed by atoms with E-state index in [1.807, 2.05) is 18.2 Å². The monoisotopic (exact) mass is 365 g/mol. The quantitative estimate of drug-likeness (QED) is 0.692. The molecule has 1 fully saturated rings. The molecule has 112 valence electrons. The fourth-order valence-corrected chi connectivity index (χ4v) is 4.56. The van der Waals surface area contributed by atoms with Gasteiger partial charge >= 0.3 is 0 Å². The van der Waals surface area contributed by atoms with Gasteiger partial charge in [-0.2, -0.15) is 0 Å². The normalized spacial score (nSPS) is 16.2. The molecule has 2 nitrogen and oxygen atoms in total. The van der Waals surface area contributed by atoms with E-state index in [0.29, 0.717) is 6.04 Å². The van der Waals surface area contributed by atoms with Crippen LogP contribution in [0.2, 0.25) is 0 Å². The molecule has 2 aromatic rings. The van der Waals surface area contributed by atoms with E-state index in [1.54, 1.807) is 11.3 Å². The van der Waals surface area contributed by atoms with Crippen molar-refractivity contribution in [3.63, 3.8) is 0 Å². The first-order chi connectivity index (χ1) is 10.3. The van der Waals surface area contributed by atoms with Gasteiger partial charge in [-0.25, -0.2) is 0 Å². The topological polar surface area (TPSA) is 20.3 Å². The Morgan fingerprint density at radius 3 is 2.71 bits per heavy atom. The number of halogens is 1. The lowest BCUT2D eigenvalue weighted by Crippen LogP contribution is -2.42. The van der Waals surface area contributed by atoms with Crippen LogP contribution in [0.1, 0.15) is 41.8 Å². The van der Waals surface area contributed by atoms with Gasteiger partial charge in [0.15, 0.2) is 0 Å². The zero-order valence-corrected chi connectivity index (χ0v) is 14.5. The molecule has 1 aliphatic rings. The van der Waals surface area contributed by atoms with Gasteiger partial charge in [0, 0.05) is 22.6 Å². The molecule has 1 aliphatic carbocycles. The van der Waals surface area contributed by atoms with E-state index in [4.69, 9.17) is 0 Å². The van der Waals surface area contributed by atoms with Crippen LogP contribution in [0.4, 0.5) is 0 Å². The zero-order chi connectivity index (χ0) is 14.7. The van der Waals surface area contributed by atoms with Crippen molar-refractivity contribution in [2.75, 3.05) is 11.9 Å². The Kier molecular flexibility index (Phi) is 4.96. The average Bonchev–Trinajstić information content (AvgIpc) is 2.97. The molecule has 1 heterocycles. The van der Waals surface area contributed by atoms with Gasteiger partial charge in [-0.05, 0) is 30.4 Å². The average molecular weight is 366 g/mol. The van der Waals surface area contributed by atoms with Crippen LogP contribution in [0.25, 0.3) is 10.1 Å². The maximum absolute atomic E-state index is 12.9. The van der Waals surface area contributed by atoms with Crippen molar-refractivity contribution in [2.24, 2.45) is 0 Å². The molecule has 1 aromatic heterocycles. The van der Waals surface area contributed by atoms with Gasteiger partial charge in [-0.3, -0.25) is 4.79 Å². The summed E-state index contributed by atoms with van der Waals surface area (Å²) in [5.74, 6) is 0.211. The second-order valence-corrected chi connectivity index (χ2v) is 7.50. The van der Waals surface area contributed by atoms with Crippen molar-refractivity contribution in [1.82, 2.24) is 4.90 Å². The number of alkyl halides is 1. The van der Waals surface area contributed by atoms with Crippen LogP contribution < -0.4 is 0 Å². The highest BCUT2D eigenvalue weighted by molar-refractivity contribution is 9.09. The van der Waals surface area contributed by atoms with E-state index in [2.05, 4.69) is 33.0 Å². The van der Waals surface area contributed by atoms with Crippen LogP contribution in [0, 0.1) is 0 Å². The summed E-state index contributed by atoms with van der Waals surface area (Å²) in [5, 5.41) is 2.02. The van der Waals surface area contributed by atoms with Crippen LogP contribution in [-0.2, 0) is 0 Å². The Morgan fingerprint density at radius 2 is 2.00 bits per heavy atom. The number of rotatable bonds is 4. The lowest BCUT2D eigenvalue weighted by Gasteiger charge is -2.33. The largest absolute Gasteiger partial charge is 0.334 e. The third-order valence-corrected chi connectivity index (χ3v) is 5.70. The minimum Gasteiger partial charge on any atom is -0.334 e. The lowest BCUT2D eigenvalue weighted by molar-refractivity contribution is 0.0656. The highest BCUT2D eigenvalue weighted by atomic mass is 79.9. The molecule has 0 bridgehead atoms. The summed E-state index contributed by atoms with van der Waals surface area (Å²) in [6.45, 7) is 0.803. The molecular weight excluding hydrogens is 346 g/mol. The summed E-state index contributed by atoms with van der Waals surface area (Å²) in [6, 6.07) is 10.7. The number of benzene rings is 1. The molecule has 21 heavy (non-hydrogen) atoms. The highest BCUT2D eigenvalue weighted by Gasteiger charge is 2.26. The Hall–Kier alpha value is -0.870. The molecule has 0 spiro atoms. The molecule has 1 aromatic carbocycles. The summed E-state index contributed by atoms with van der Waals surface area (Å²) in [4.78, 5) is 15.9. The Morgan fingerprint density at radius 1 is 1.24 bits per heavy atom. The molecule has 0 atom stereocenters. The molecule has 0 radical (unpaired) electrons. The third kappa shape index (κ3) is 3.32. The number of thiophene rings is 1. The van der Waals surface area contributed by atoms with E-state index < -0.39 is 0 Å². The fraction of sp³-hybridized carbons (Fsp3) is 0.471. The number of carbonyl (C=O) groups excluding carboxylic acids is 1. The molecule has 0 unspecified atom stereocenters. The summed E-state index contributed by atoms with van der Waals surface area (Å²) < 4.78 is 1.20. The Labute approximate surface area is 138 Å². The molecule has 1 saturated carbocycles. The van der Waals surface area contributed by atoms with Crippen LogP contribution >= 0.6 is 27.3 Å². The Bertz CT molecular complexity index is 585. The first kappa shape index (κ1) is 15.0. The van der Waals surface area contributed by atoms with E-state index in [9.17, 15) is 4.79 Å². The van der Waals surface area contributed by atoms with E-state index in [-0.39, 0.29) is 5.91 Å². The third-order valence-electron chi connectivity index (χ3n) is 4.24. The summed E-state index contributed by atoms with van der Waals surface area (Å²) >= 11 is 5.12. The predicted octanol–water partition coefficient (Wildman–Crippen LogP) is 5.07. The summed E-state index contributed by atoms with van der Waals surface area (Å²) in [5.41, 5.74) is 0. The van der Waals surface area contributed by atoms with Gasteiger partial charge in [0.25, 0.3) is 5.91 Å². The standard InChI is InChI=1S/C17H20BrNOS/c18-10-11-19(14-7-2-1-3-8-14)17(20)16-12-13-6-4-5-9-15(13)21-16/h4-6,9,12,14H,1-3,7-8,10-11H2. The number of hydrogen-bond acceptors (Lipinski definition) is 2. The van der Waals surface area contributed by atoms with Crippen molar-refractivity contribution in [3.8, 4) is 0 Å². The molecular formula is C17H20BrNOS. The minimum atomic E-state index is 0.211. The van der Waals surface area contributed by atoms with Gasteiger partial charge in [0.2, 0.25) is 0 Å². The van der Waals surface area contributed by atoms with Crippen molar-refractivity contribution in [2.45, 2.75) is 38.1 Å². The minimum absolute atomic E-state index is 0.211. The van der Waals surface area contributed by atoms with Crippen molar-refractivity contribution in [3.05, 3.63) is 35.2 Å². The number of carbonyl (C=O) groups is 1. The molecule has 3 rings (SSSR count). The first-order valence-corrected chi connectivity index (χ1v) is 9.59. The van der Waals surface area contributed by atoms with E-state index in [1.165, 1.54) is 29.3 Å². The number of amides is 1. The molecule has 1 amide bonds. The second kappa shape index (κ2) is 6.93.